The number of fused-ring (bicyclic) bond motifs is 1. The lowest BCUT2D eigenvalue weighted by Gasteiger charge is -2.12. The van der Waals surface area contributed by atoms with Gasteiger partial charge in [-0.1, -0.05) is 42.1 Å². The molecule has 4 rings (SSSR count). The van der Waals surface area contributed by atoms with Gasteiger partial charge in [0, 0.05) is 12.8 Å². The summed E-state index contributed by atoms with van der Waals surface area (Å²) in [5.41, 5.74) is 2.35. The summed E-state index contributed by atoms with van der Waals surface area (Å²) < 4.78 is 8.56. The van der Waals surface area contributed by atoms with Crippen LogP contribution in [-0.4, -0.2) is 26.4 Å². The Kier molecular flexibility index (Phi) is 4.68. The molecule has 2 heterocycles. The van der Waals surface area contributed by atoms with Crippen LogP contribution < -0.4 is 10.3 Å². The zero-order valence-corrected chi connectivity index (χ0v) is 15.8. The summed E-state index contributed by atoms with van der Waals surface area (Å²) in [5, 5.41) is 5.32. The van der Waals surface area contributed by atoms with Gasteiger partial charge in [0.25, 0.3) is 5.56 Å². The second-order valence-electron chi connectivity index (χ2n) is 6.02. The molecule has 2 aromatic carbocycles. The number of para-hydroxylation sites is 1. The Labute approximate surface area is 160 Å². The van der Waals surface area contributed by atoms with Crippen LogP contribution in [0.15, 0.2) is 70.7 Å². The van der Waals surface area contributed by atoms with Gasteiger partial charge in [-0.15, -0.1) is 0 Å². The van der Waals surface area contributed by atoms with Gasteiger partial charge >= 0.3 is 0 Å². The van der Waals surface area contributed by atoms with E-state index in [4.69, 9.17) is 9.72 Å². The topological polar surface area (TPSA) is 61.9 Å². The average molecular weight is 378 g/mol. The van der Waals surface area contributed by atoms with E-state index in [-0.39, 0.29) is 5.56 Å². The summed E-state index contributed by atoms with van der Waals surface area (Å²) in [5.74, 6) is 1.48. The fraction of sp³-hybridized carbons (Fsp3) is 0.150. The van der Waals surface area contributed by atoms with Gasteiger partial charge in [0.05, 0.1) is 19.0 Å². The first kappa shape index (κ1) is 17.4. The van der Waals surface area contributed by atoms with Crippen molar-refractivity contribution in [1.82, 2.24) is 19.3 Å². The van der Waals surface area contributed by atoms with Crippen molar-refractivity contribution in [3.05, 3.63) is 76.7 Å². The maximum atomic E-state index is 13.1. The van der Waals surface area contributed by atoms with E-state index in [2.05, 4.69) is 5.10 Å². The van der Waals surface area contributed by atoms with Crippen molar-refractivity contribution < 1.29 is 4.74 Å². The number of hydrogen-bond donors (Lipinski definition) is 0. The fourth-order valence-electron chi connectivity index (χ4n) is 2.87. The highest BCUT2D eigenvalue weighted by atomic mass is 32.2. The molecule has 27 heavy (non-hydrogen) atoms. The molecule has 0 saturated heterocycles. The molecule has 0 atom stereocenters. The van der Waals surface area contributed by atoms with E-state index >= 15 is 0 Å². The number of rotatable bonds is 5. The predicted octanol–water partition coefficient (Wildman–Crippen LogP) is 3.42. The summed E-state index contributed by atoms with van der Waals surface area (Å²) in [7, 11) is 3.44. The van der Waals surface area contributed by atoms with Crippen LogP contribution in [0.3, 0.4) is 0 Å². The zero-order chi connectivity index (χ0) is 18.8. The smallest absolute Gasteiger partial charge is 0.269 e. The molecule has 0 unspecified atom stereocenters. The van der Waals surface area contributed by atoms with Gasteiger partial charge in [-0.25, -0.2) is 4.98 Å². The van der Waals surface area contributed by atoms with Gasteiger partial charge < -0.3 is 4.74 Å². The van der Waals surface area contributed by atoms with E-state index in [9.17, 15) is 4.79 Å². The van der Waals surface area contributed by atoms with Crippen LogP contribution >= 0.6 is 11.8 Å². The average Bonchev–Trinajstić information content (AvgIpc) is 3.08. The van der Waals surface area contributed by atoms with Crippen LogP contribution in [0.5, 0.6) is 5.75 Å². The zero-order valence-electron chi connectivity index (χ0n) is 15.0. The van der Waals surface area contributed by atoms with Gasteiger partial charge in [0.2, 0.25) is 0 Å². The quantitative estimate of drug-likeness (QED) is 0.393. The Bertz CT molecular complexity index is 1150. The predicted molar refractivity (Wildman–Crippen MR) is 107 cm³/mol. The van der Waals surface area contributed by atoms with Crippen LogP contribution in [0.25, 0.3) is 16.7 Å². The van der Waals surface area contributed by atoms with Crippen LogP contribution in [0, 0.1) is 0 Å². The number of hydrogen-bond acceptors (Lipinski definition) is 5. The van der Waals surface area contributed by atoms with E-state index < -0.39 is 0 Å². The summed E-state index contributed by atoms with van der Waals surface area (Å²) in [6.45, 7) is 0. The second kappa shape index (κ2) is 7.28. The highest BCUT2D eigenvalue weighted by molar-refractivity contribution is 7.98. The standard InChI is InChI=1S/C20H18N4O2S/c1-23-18-17(12-21-23)19(25)24(15-8-4-3-5-9-15)20(22-18)27-13-14-7-6-10-16(11-14)26-2/h3-12H,13H2,1-2H3. The molecule has 0 aliphatic rings. The number of aromatic nitrogens is 4. The third-order valence-electron chi connectivity index (χ3n) is 4.25. The number of aryl methyl sites for hydroxylation is 1. The van der Waals surface area contributed by atoms with Gasteiger partial charge in [0.1, 0.15) is 11.1 Å². The molecule has 2 aromatic heterocycles. The van der Waals surface area contributed by atoms with Crippen molar-refractivity contribution in [2.24, 2.45) is 7.05 Å². The first-order chi connectivity index (χ1) is 13.2. The lowest BCUT2D eigenvalue weighted by atomic mass is 10.2. The maximum absolute atomic E-state index is 13.1. The van der Waals surface area contributed by atoms with E-state index in [0.717, 1.165) is 17.0 Å². The summed E-state index contributed by atoms with van der Waals surface area (Å²) in [6, 6.07) is 17.4. The molecule has 0 aliphatic carbocycles. The first-order valence-corrected chi connectivity index (χ1v) is 9.42. The lowest BCUT2D eigenvalue weighted by Crippen LogP contribution is -2.21. The van der Waals surface area contributed by atoms with E-state index in [0.29, 0.717) is 21.9 Å². The molecule has 6 nitrogen and oxygen atoms in total. The molecule has 0 saturated carbocycles. The maximum Gasteiger partial charge on any atom is 0.269 e. The molecule has 0 fully saturated rings. The molecule has 4 aromatic rings. The minimum atomic E-state index is -0.118. The fourth-order valence-corrected chi connectivity index (χ4v) is 3.82. The Morgan fingerprint density at radius 2 is 1.93 bits per heavy atom. The van der Waals surface area contributed by atoms with Crippen LogP contribution in [0.4, 0.5) is 0 Å². The molecule has 0 aliphatic heterocycles. The largest absolute Gasteiger partial charge is 0.497 e. The van der Waals surface area contributed by atoms with E-state index in [1.807, 2.05) is 54.6 Å². The SMILES string of the molecule is COc1cccc(CSc2nc3c(cnn3C)c(=O)n2-c2ccccc2)c1. The Morgan fingerprint density at radius 3 is 2.70 bits per heavy atom. The van der Waals surface area contributed by atoms with Gasteiger partial charge in [-0.05, 0) is 29.8 Å². The van der Waals surface area contributed by atoms with Gasteiger partial charge in [-0.3, -0.25) is 14.0 Å². The molecule has 136 valence electrons. The Morgan fingerprint density at radius 1 is 1.11 bits per heavy atom. The second-order valence-corrected chi connectivity index (χ2v) is 6.96. The third-order valence-corrected chi connectivity index (χ3v) is 5.26. The first-order valence-electron chi connectivity index (χ1n) is 8.43. The van der Waals surface area contributed by atoms with Crippen LogP contribution in [0.1, 0.15) is 5.56 Å². The molecular formula is C20H18N4O2S. The molecule has 0 bridgehead atoms. The molecule has 0 spiro atoms. The van der Waals surface area contributed by atoms with Crippen molar-refractivity contribution >= 4 is 22.8 Å². The number of thioether (sulfide) groups is 1. The number of nitrogens with zero attached hydrogens (tertiary/aromatic N) is 4. The molecule has 0 amide bonds. The number of benzene rings is 2. The van der Waals surface area contributed by atoms with Gasteiger partial charge in [-0.2, -0.15) is 5.10 Å². The van der Waals surface area contributed by atoms with Crippen molar-refractivity contribution in [3.8, 4) is 11.4 Å². The van der Waals surface area contributed by atoms with Gasteiger partial charge in [0.15, 0.2) is 10.8 Å². The van der Waals surface area contributed by atoms with Crippen molar-refractivity contribution in [2.45, 2.75) is 10.9 Å². The monoisotopic (exact) mass is 378 g/mol. The van der Waals surface area contributed by atoms with Crippen molar-refractivity contribution in [1.29, 1.82) is 0 Å². The Balaban J connectivity index is 1.80. The Hall–Kier alpha value is -3.06. The third kappa shape index (κ3) is 3.33. The minimum absolute atomic E-state index is 0.118. The summed E-state index contributed by atoms with van der Waals surface area (Å²) in [4.78, 5) is 17.8. The normalized spacial score (nSPS) is 11.0. The lowest BCUT2D eigenvalue weighted by molar-refractivity contribution is 0.414. The van der Waals surface area contributed by atoms with E-state index in [1.165, 1.54) is 11.8 Å². The van der Waals surface area contributed by atoms with Crippen LogP contribution in [-0.2, 0) is 12.8 Å². The molecule has 7 heteroatoms. The minimum Gasteiger partial charge on any atom is -0.497 e. The highest BCUT2D eigenvalue weighted by Gasteiger charge is 2.16. The van der Waals surface area contributed by atoms with E-state index in [1.54, 1.807) is 29.6 Å². The van der Waals surface area contributed by atoms with Crippen molar-refractivity contribution in [2.75, 3.05) is 7.11 Å². The molecule has 0 radical (unpaired) electrons. The highest BCUT2D eigenvalue weighted by Crippen LogP contribution is 2.25. The molecule has 0 N–H and O–H groups in total. The summed E-state index contributed by atoms with van der Waals surface area (Å²) >= 11 is 1.51. The number of methoxy groups -OCH3 is 1. The number of ether oxygens (including phenoxy) is 1. The van der Waals surface area contributed by atoms with Crippen molar-refractivity contribution in [3.63, 3.8) is 0 Å². The molecular weight excluding hydrogens is 360 g/mol. The summed E-state index contributed by atoms with van der Waals surface area (Å²) in [6.07, 6.45) is 1.57. The van der Waals surface area contributed by atoms with Crippen LogP contribution in [0.2, 0.25) is 0 Å².